The molecule has 0 heterocycles. The van der Waals surface area contributed by atoms with Crippen LogP contribution in [-0.2, 0) is 21.4 Å². The highest BCUT2D eigenvalue weighted by molar-refractivity contribution is 5.91. The first kappa shape index (κ1) is 20.6. The average molecular weight is 370 g/mol. The van der Waals surface area contributed by atoms with Crippen LogP contribution in [0.1, 0.15) is 38.8 Å². The van der Waals surface area contributed by atoms with E-state index in [1.165, 1.54) is 18.6 Å². The predicted octanol–water partition coefficient (Wildman–Crippen LogP) is 3.84. The monoisotopic (exact) mass is 370 g/mol. The van der Waals surface area contributed by atoms with Gasteiger partial charge in [0.15, 0.2) is 0 Å². The lowest BCUT2D eigenvalue weighted by Gasteiger charge is -2.24. The van der Waals surface area contributed by atoms with Crippen molar-refractivity contribution in [2.24, 2.45) is 0 Å². The first-order valence-electron chi connectivity index (χ1n) is 9.07. The number of carbonyl (C=O) groups excluding carboxylic acids is 2. The van der Waals surface area contributed by atoms with E-state index in [1.807, 2.05) is 24.3 Å². The van der Waals surface area contributed by atoms with E-state index in [-0.39, 0.29) is 23.7 Å². The van der Waals surface area contributed by atoms with Crippen LogP contribution in [0.4, 0.5) is 10.1 Å². The smallest absolute Gasteiger partial charge is 0.224 e. The summed E-state index contributed by atoms with van der Waals surface area (Å²) >= 11 is 0. The summed E-state index contributed by atoms with van der Waals surface area (Å²) in [5.74, 6) is -0.759. The molecule has 0 aliphatic carbocycles. The molecule has 0 unspecified atom stereocenters. The topological polar surface area (TPSA) is 49.4 Å². The Hall–Kier alpha value is -2.69. The van der Waals surface area contributed by atoms with Crippen LogP contribution in [0.15, 0.2) is 48.5 Å². The molecule has 27 heavy (non-hydrogen) atoms. The molecule has 0 aliphatic rings. The molecule has 0 aliphatic heterocycles. The van der Waals surface area contributed by atoms with Gasteiger partial charge in [-0.1, -0.05) is 51.1 Å². The van der Waals surface area contributed by atoms with Crippen LogP contribution in [0.2, 0.25) is 0 Å². The molecule has 0 atom stereocenters. The van der Waals surface area contributed by atoms with Crippen molar-refractivity contribution in [3.05, 3.63) is 65.5 Å². The molecular formula is C22H27FN2O2. The summed E-state index contributed by atoms with van der Waals surface area (Å²) in [6, 6.07) is 14.1. The summed E-state index contributed by atoms with van der Waals surface area (Å²) in [4.78, 5) is 25.6. The number of nitrogens with one attached hydrogen (secondary N) is 1. The Morgan fingerprint density at radius 2 is 1.67 bits per heavy atom. The van der Waals surface area contributed by atoms with Crippen molar-refractivity contribution < 1.29 is 14.0 Å². The Bertz CT molecular complexity index is 795. The van der Waals surface area contributed by atoms with Gasteiger partial charge in [-0.2, -0.15) is 0 Å². The van der Waals surface area contributed by atoms with Crippen molar-refractivity contribution in [1.82, 2.24) is 5.32 Å². The van der Waals surface area contributed by atoms with Gasteiger partial charge in [-0.15, -0.1) is 0 Å². The van der Waals surface area contributed by atoms with Crippen LogP contribution in [-0.4, -0.2) is 24.9 Å². The second kappa shape index (κ2) is 8.80. The normalized spacial score (nSPS) is 11.1. The van der Waals surface area contributed by atoms with Gasteiger partial charge in [0.2, 0.25) is 11.8 Å². The molecule has 0 bridgehead atoms. The quantitative estimate of drug-likeness (QED) is 0.840. The van der Waals surface area contributed by atoms with Crippen LogP contribution < -0.4 is 10.2 Å². The van der Waals surface area contributed by atoms with Gasteiger partial charge in [-0.05, 0) is 34.7 Å². The number of anilines is 1. The lowest BCUT2D eigenvalue weighted by atomic mass is 9.87. The average Bonchev–Trinajstić information content (AvgIpc) is 2.60. The van der Waals surface area contributed by atoms with E-state index in [1.54, 1.807) is 23.1 Å². The van der Waals surface area contributed by atoms with Crippen LogP contribution in [0.3, 0.4) is 0 Å². The molecule has 144 valence electrons. The maximum Gasteiger partial charge on any atom is 0.224 e. The van der Waals surface area contributed by atoms with Crippen LogP contribution in [0, 0.1) is 5.82 Å². The van der Waals surface area contributed by atoms with Crippen molar-refractivity contribution in [3.8, 4) is 0 Å². The highest BCUT2D eigenvalue weighted by atomic mass is 19.1. The largest absolute Gasteiger partial charge is 0.354 e. The van der Waals surface area contributed by atoms with E-state index >= 15 is 0 Å². The van der Waals surface area contributed by atoms with E-state index in [4.69, 9.17) is 0 Å². The molecule has 2 aromatic rings. The maximum atomic E-state index is 13.6. The molecule has 0 saturated carbocycles. The van der Waals surface area contributed by atoms with Gasteiger partial charge in [0, 0.05) is 25.7 Å². The summed E-state index contributed by atoms with van der Waals surface area (Å²) < 4.78 is 13.6. The summed E-state index contributed by atoms with van der Waals surface area (Å²) in [6.45, 7) is 8.56. The minimum atomic E-state index is -0.392. The highest BCUT2D eigenvalue weighted by Crippen LogP contribution is 2.25. The summed E-state index contributed by atoms with van der Waals surface area (Å²) in [6.07, 6.45) is -0.0208. The fraction of sp³-hybridized carbons (Fsp3) is 0.364. The number of rotatable bonds is 6. The molecule has 0 radical (unpaired) electrons. The Labute approximate surface area is 160 Å². The van der Waals surface area contributed by atoms with Gasteiger partial charge >= 0.3 is 0 Å². The number of benzene rings is 2. The fourth-order valence-corrected chi connectivity index (χ4v) is 2.79. The first-order valence-corrected chi connectivity index (χ1v) is 9.07. The number of hydrogen-bond donors (Lipinski definition) is 1. The minimum Gasteiger partial charge on any atom is -0.354 e. The fourth-order valence-electron chi connectivity index (χ4n) is 2.79. The number of nitrogens with zero attached hydrogens (tertiary/aromatic N) is 1. The van der Waals surface area contributed by atoms with Crippen LogP contribution in [0.25, 0.3) is 0 Å². The third kappa shape index (κ3) is 5.91. The number of amides is 2. The Morgan fingerprint density at radius 1 is 1.04 bits per heavy atom. The SMILES string of the molecule is CC(=O)N(CCNC(=O)Cc1ccccc1F)c1ccc(C(C)(C)C)cc1. The molecule has 4 nitrogen and oxygen atoms in total. The summed E-state index contributed by atoms with van der Waals surface area (Å²) in [7, 11) is 0. The van der Waals surface area contributed by atoms with E-state index in [9.17, 15) is 14.0 Å². The van der Waals surface area contributed by atoms with Crippen molar-refractivity contribution >= 4 is 17.5 Å². The number of carbonyl (C=O) groups is 2. The molecular weight excluding hydrogens is 343 g/mol. The molecule has 0 saturated heterocycles. The molecule has 0 fully saturated rings. The van der Waals surface area contributed by atoms with E-state index in [0.717, 1.165) is 5.69 Å². The van der Waals surface area contributed by atoms with E-state index < -0.39 is 5.82 Å². The van der Waals surface area contributed by atoms with Gasteiger partial charge in [0.1, 0.15) is 5.82 Å². The zero-order chi connectivity index (χ0) is 20.0. The Balaban J connectivity index is 1.94. The molecule has 1 N–H and O–H groups in total. The molecule has 0 aromatic heterocycles. The maximum absolute atomic E-state index is 13.6. The Morgan fingerprint density at radius 3 is 2.22 bits per heavy atom. The first-order chi connectivity index (χ1) is 12.7. The summed E-state index contributed by atoms with van der Waals surface area (Å²) in [5.41, 5.74) is 2.38. The second-order valence-electron chi connectivity index (χ2n) is 7.59. The minimum absolute atomic E-state index is 0.0208. The molecule has 2 rings (SSSR count). The van der Waals surface area contributed by atoms with Crippen molar-refractivity contribution in [2.45, 2.75) is 39.5 Å². The number of halogens is 1. The molecule has 2 aromatic carbocycles. The lowest BCUT2D eigenvalue weighted by Crippen LogP contribution is -2.38. The van der Waals surface area contributed by atoms with Crippen molar-refractivity contribution in [3.63, 3.8) is 0 Å². The zero-order valence-corrected chi connectivity index (χ0v) is 16.4. The van der Waals surface area contributed by atoms with E-state index in [0.29, 0.717) is 18.7 Å². The second-order valence-corrected chi connectivity index (χ2v) is 7.59. The van der Waals surface area contributed by atoms with Crippen LogP contribution in [0.5, 0.6) is 0 Å². The predicted molar refractivity (Wildman–Crippen MR) is 106 cm³/mol. The molecule has 5 heteroatoms. The van der Waals surface area contributed by atoms with Crippen molar-refractivity contribution in [2.75, 3.05) is 18.0 Å². The van der Waals surface area contributed by atoms with Gasteiger partial charge in [-0.3, -0.25) is 9.59 Å². The summed E-state index contributed by atoms with van der Waals surface area (Å²) in [5, 5.41) is 2.75. The molecule has 2 amide bonds. The van der Waals surface area contributed by atoms with Gasteiger partial charge in [0.05, 0.1) is 6.42 Å². The molecule has 0 spiro atoms. The van der Waals surface area contributed by atoms with Gasteiger partial charge < -0.3 is 10.2 Å². The highest BCUT2D eigenvalue weighted by Gasteiger charge is 2.16. The van der Waals surface area contributed by atoms with E-state index in [2.05, 4.69) is 26.1 Å². The van der Waals surface area contributed by atoms with Gasteiger partial charge in [-0.25, -0.2) is 4.39 Å². The lowest BCUT2D eigenvalue weighted by molar-refractivity contribution is -0.121. The van der Waals surface area contributed by atoms with Gasteiger partial charge in [0.25, 0.3) is 0 Å². The number of hydrogen-bond acceptors (Lipinski definition) is 2. The van der Waals surface area contributed by atoms with Crippen LogP contribution >= 0.6 is 0 Å². The zero-order valence-electron chi connectivity index (χ0n) is 16.4. The Kier molecular flexibility index (Phi) is 6.72. The third-order valence-corrected chi connectivity index (χ3v) is 4.39. The standard InChI is InChI=1S/C22H27FN2O2/c1-16(26)25(19-11-9-18(10-12-19)22(2,3)4)14-13-24-21(27)15-17-7-5-6-8-20(17)23/h5-12H,13-15H2,1-4H3,(H,24,27). The van der Waals surface area contributed by atoms with Crippen molar-refractivity contribution in [1.29, 1.82) is 0 Å². The third-order valence-electron chi connectivity index (χ3n) is 4.39.